The highest BCUT2D eigenvalue weighted by atomic mass is 16.5. The van der Waals surface area contributed by atoms with Gasteiger partial charge in [0.15, 0.2) is 0 Å². The fourth-order valence-electron chi connectivity index (χ4n) is 1.94. The number of piperidine rings is 1. The zero-order valence-electron chi connectivity index (χ0n) is 9.82. The zero-order chi connectivity index (χ0) is 12.1. The SMILES string of the molecule is NC(=O)c1ccc(COC2CCNCC2)cc1. The molecular formula is C13H18N2O2. The van der Waals surface area contributed by atoms with Gasteiger partial charge in [-0.1, -0.05) is 12.1 Å². The van der Waals surface area contributed by atoms with Crippen molar-refractivity contribution in [2.45, 2.75) is 25.6 Å². The van der Waals surface area contributed by atoms with Crippen molar-refractivity contribution in [3.05, 3.63) is 35.4 Å². The summed E-state index contributed by atoms with van der Waals surface area (Å²) in [5, 5.41) is 3.30. The monoisotopic (exact) mass is 234 g/mol. The summed E-state index contributed by atoms with van der Waals surface area (Å²) in [4.78, 5) is 10.9. The predicted octanol–water partition coefficient (Wildman–Crippen LogP) is 1.05. The number of hydrogen-bond acceptors (Lipinski definition) is 3. The molecule has 17 heavy (non-hydrogen) atoms. The molecule has 1 fully saturated rings. The highest BCUT2D eigenvalue weighted by molar-refractivity contribution is 5.92. The van der Waals surface area contributed by atoms with Crippen LogP contribution in [0.25, 0.3) is 0 Å². The quantitative estimate of drug-likeness (QED) is 0.818. The number of benzene rings is 1. The van der Waals surface area contributed by atoms with E-state index in [1.165, 1.54) is 0 Å². The van der Waals surface area contributed by atoms with Gasteiger partial charge < -0.3 is 15.8 Å². The summed E-state index contributed by atoms with van der Waals surface area (Å²) in [5.41, 5.74) is 6.79. The average Bonchev–Trinajstić information content (AvgIpc) is 2.38. The minimum absolute atomic E-state index is 0.354. The Morgan fingerprint density at radius 3 is 2.53 bits per heavy atom. The van der Waals surface area contributed by atoms with Gasteiger partial charge in [-0.05, 0) is 43.6 Å². The van der Waals surface area contributed by atoms with E-state index in [4.69, 9.17) is 10.5 Å². The number of ether oxygens (including phenoxy) is 1. The minimum Gasteiger partial charge on any atom is -0.373 e. The van der Waals surface area contributed by atoms with E-state index in [2.05, 4.69) is 5.32 Å². The summed E-state index contributed by atoms with van der Waals surface area (Å²) in [6, 6.07) is 7.26. The van der Waals surface area contributed by atoms with Crippen LogP contribution in [0.3, 0.4) is 0 Å². The van der Waals surface area contributed by atoms with Crippen LogP contribution in [-0.4, -0.2) is 25.1 Å². The molecule has 1 aliphatic rings. The van der Waals surface area contributed by atoms with Crippen LogP contribution in [0, 0.1) is 0 Å². The molecule has 0 radical (unpaired) electrons. The first-order valence-electron chi connectivity index (χ1n) is 5.97. The van der Waals surface area contributed by atoms with E-state index in [0.29, 0.717) is 18.3 Å². The lowest BCUT2D eigenvalue weighted by Crippen LogP contribution is -2.32. The van der Waals surface area contributed by atoms with E-state index in [9.17, 15) is 4.79 Å². The van der Waals surface area contributed by atoms with E-state index in [1.807, 2.05) is 12.1 Å². The predicted molar refractivity (Wildman–Crippen MR) is 65.6 cm³/mol. The van der Waals surface area contributed by atoms with Gasteiger partial charge in [0.1, 0.15) is 0 Å². The first-order valence-corrected chi connectivity index (χ1v) is 5.97. The van der Waals surface area contributed by atoms with E-state index in [1.54, 1.807) is 12.1 Å². The molecule has 4 heteroatoms. The highest BCUT2D eigenvalue weighted by Crippen LogP contribution is 2.11. The van der Waals surface area contributed by atoms with Crippen LogP contribution in [0.1, 0.15) is 28.8 Å². The summed E-state index contributed by atoms with van der Waals surface area (Å²) < 4.78 is 5.81. The number of carbonyl (C=O) groups excluding carboxylic acids is 1. The lowest BCUT2D eigenvalue weighted by atomic mass is 10.1. The van der Waals surface area contributed by atoms with Crippen molar-refractivity contribution < 1.29 is 9.53 Å². The van der Waals surface area contributed by atoms with Crippen LogP contribution in [0.5, 0.6) is 0 Å². The van der Waals surface area contributed by atoms with Gasteiger partial charge >= 0.3 is 0 Å². The van der Waals surface area contributed by atoms with Crippen LogP contribution in [0.4, 0.5) is 0 Å². The second-order valence-corrected chi connectivity index (χ2v) is 4.32. The number of rotatable bonds is 4. The van der Waals surface area contributed by atoms with Crippen molar-refractivity contribution in [3.63, 3.8) is 0 Å². The third-order valence-electron chi connectivity index (χ3n) is 3.01. The Labute approximate surface area is 101 Å². The Bertz CT molecular complexity index is 370. The van der Waals surface area contributed by atoms with Gasteiger partial charge in [-0.2, -0.15) is 0 Å². The summed E-state index contributed by atoms with van der Waals surface area (Å²) >= 11 is 0. The molecule has 1 heterocycles. The second kappa shape index (κ2) is 5.80. The molecule has 3 N–H and O–H groups in total. The standard InChI is InChI=1S/C13H18N2O2/c14-13(16)11-3-1-10(2-4-11)9-17-12-5-7-15-8-6-12/h1-4,12,15H,5-9H2,(H2,14,16). The van der Waals surface area contributed by atoms with Gasteiger partial charge in [-0.25, -0.2) is 0 Å². The summed E-state index contributed by atoms with van der Waals surface area (Å²) in [6.45, 7) is 2.67. The van der Waals surface area contributed by atoms with Crippen molar-refractivity contribution in [2.24, 2.45) is 5.73 Å². The number of carbonyl (C=O) groups is 1. The highest BCUT2D eigenvalue weighted by Gasteiger charge is 2.13. The summed E-state index contributed by atoms with van der Waals surface area (Å²) in [5.74, 6) is -0.393. The number of nitrogens with two attached hydrogens (primary N) is 1. The Morgan fingerprint density at radius 1 is 1.29 bits per heavy atom. The largest absolute Gasteiger partial charge is 0.373 e. The molecule has 1 aliphatic heterocycles. The number of nitrogens with one attached hydrogen (secondary N) is 1. The molecule has 1 aromatic rings. The molecule has 1 aromatic carbocycles. The Hall–Kier alpha value is -1.39. The molecule has 1 saturated heterocycles. The van der Waals surface area contributed by atoms with Crippen LogP contribution < -0.4 is 11.1 Å². The van der Waals surface area contributed by atoms with E-state index < -0.39 is 5.91 Å². The molecule has 0 atom stereocenters. The molecule has 0 aliphatic carbocycles. The third-order valence-corrected chi connectivity index (χ3v) is 3.01. The van der Waals surface area contributed by atoms with Crippen LogP contribution in [-0.2, 0) is 11.3 Å². The molecule has 2 rings (SSSR count). The van der Waals surface area contributed by atoms with Crippen molar-refractivity contribution in [3.8, 4) is 0 Å². The molecule has 0 bridgehead atoms. The first-order chi connectivity index (χ1) is 8.25. The van der Waals surface area contributed by atoms with Gasteiger partial charge in [0.25, 0.3) is 0 Å². The molecule has 0 spiro atoms. The first kappa shape index (κ1) is 12.1. The van der Waals surface area contributed by atoms with E-state index >= 15 is 0 Å². The molecule has 0 unspecified atom stereocenters. The normalized spacial score (nSPS) is 16.9. The number of hydrogen-bond donors (Lipinski definition) is 2. The minimum atomic E-state index is -0.393. The third kappa shape index (κ3) is 3.54. The molecule has 92 valence electrons. The maximum absolute atomic E-state index is 10.9. The molecule has 4 nitrogen and oxygen atoms in total. The van der Waals surface area contributed by atoms with Crippen LogP contribution >= 0.6 is 0 Å². The molecule has 0 saturated carbocycles. The molecule has 0 aromatic heterocycles. The zero-order valence-corrected chi connectivity index (χ0v) is 9.82. The fourth-order valence-corrected chi connectivity index (χ4v) is 1.94. The Kier molecular flexibility index (Phi) is 4.12. The van der Waals surface area contributed by atoms with E-state index in [0.717, 1.165) is 31.5 Å². The van der Waals surface area contributed by atoms with E-state index in [-0.39, 0.29) is 0 Å². The van der Waals surface area contributed by atoms with Crippen molar-refractivity contribution in [1.82, 2.24) is 5.32 Å². The van der Waals surface area contributed by atoms with Crippen molar-refractivity contribution >= 4 is 5.91 Å². The average molecular weight is 234 g/mol. The Morgan fingerprint density at radius 2 is 1.94 bits per heavy atom. The van der Waals surface area contributed by atoms with Crippen molar-refractivity contribution in [1.29, 1.82) is 0 Å². The maximum atomic E-state index is 10.9. The fraction of sp³-hybridized carbons (Fsp3) is 0.462. The summed E-state index contributed by atoms with van der Waals surface area (Å²) in [7, 11) is 0. The number of amides is 1. The van der Waals surface area contributed by atoms with Crippen LogP contribution in [0.2, 0.25) is 0 Å². The maximum Gasteiger partial charge on any atom is 0.248 e. The van der Waals surface area contributed by atoms with Gasteiger partial charge in [-0.15, -0.1) is 0 Å². The Balaban J connectivity index is 1.84. The van der Waals surface area contributed by atoms with Gasteiger partial charge in [0.2, 0.25) is 5.91 Å². The molecular weight excluding hydrogens is 216 g/mol. The van der Waals surface area contributed by atoms with Crippen molar-refractivity contribution in [2.75, 3.05) is 13.1 Å². The van der Waals surface area contributed by atoms with Gasteiger partial charge in [0.05, 0.1) is 12.7 Å². The number of primary amides is 1. The lowest BCUT2D eigenvalue weighted by Gasteiger charge is -2.22. The van der Waals surface area contributed by atoms with Crippen LogP contribution in [0.15, 0.2) is 24.3 Å². The van der Waals surface area contributed by atoms with Gasteiger partial charge in [-0.3, -0.25) is 4.79 Å². The topological polar surface area (TPSA) is 64.4 Å². The molecule has 1 amide bonds. The van der Waals surface area contributed by atoms with Gasteiger partial charge in [0, 0.05) is 5.56 Å². The second-order valence-electron chi connectivity index (χ2n) is 4.32. The smallest absolute Gasteiger partial charge is 0.248 e. The summed E-state index contributed by atoms with van der Waals surface area (Å²) in [6.07, 6.45) is 2.49. The lowest BCUT2D eigenvalue weighted by molar-refractivity contribution is 0.0212.